The summed E-state index contributed by atoms with van der Waals surface area (Å²) in [6.45, 7) is 3.62. The van der Waals surface area contributed by atoms with Crippen molar-refractivity contribution in [3.63, 3.8) is 0 Å². The first-order valence-corrected chi connectivity index (χ1v) is 7.70. The van der Waals surface area contributed by atoms with Crippen LogP contribution in [0.3, 0.4) is 0 Å². The highest BCUT2D eigenvalue weighted by atomic mass is 16.5. The van der Waals surface area contributed by atoms with Crippen LogP contribution in [0, 0.1) is 5.92 Å². The van der Waals surface area contributed by atoms with E-state index in [2.05, 4.69) is 20.8 Å². The largest absolute Gasteiger partial charge is 0.493 e. The fraction of sp³-hybridized carbons (Fsp3) is 0.353. The van der Waals surface area contributed by atoms with Crippen LogP contribution in [-0.2, 0) is 4.79 Å². The van der Waals surface area contributed by atoms with Gasteiger partial charge in [-0.2, -0.15) is 0 Å². The first-order chi connectivity index (χ1) is 12.0. The van der Waals surface area contributed by atoms with Crippen LogP contribution in [0.15, 0.2) is 24.3 Å². The molecule has 2 N–H and O–H groups in total. The van der Waals surface area contributed by atoms with E-state index in [1.807, 2.05) is 13.8 Å². The third-order valence-corrected chi connectivity index (χ3v) is 3.38. The number of methoxy groups -OCH3 is 3. The molecule has 1 aromatic carbocycles. The number of nitrogens with one attached hydrogen (secondary N) is 2. The Hall–Kier alpha value is -3.03. The molecule has 0 atom stereocenters. The highest BCUT2D eigenvalue weighted by Gasteiger charge is 2.14. The molecule has 0 saturated heterocycles. The number of hydrogen-bond acceptors (Lipinski definition) is 7. The molecular formula is C17H22N4O4. The van der Waals surface area contributed by atoms with Gasteiger partial charge in [0.15, 0.2) is 23.1 Å². The van der Waals surface area contributed by atoms with Crippen LogP contribution in [0.4, 0.5) is 17.3 Å². The van der Waals surface area contributed by atoms with Gasteiger partial charge in [-0.1, -0.05) is 13.8 Å². The molecule has 2 aromatic rings. The summed E-state index contributed by atoms with van der Waals surface area (Å²) in [5.41, 5.74) is 0.697. The summed E-state index contributed by atoms with van der Waals surface area (Å²) >= 11 is 0. The minimum absolute atomic E-state index is 0.111. The summed E-state index contributed by atoms with van der Waals surface area (Å²) in [5.74, 6) is 2.23. The number of amides is 1. The first kappa shape index (κ1) is 18.3. The number of benzene rings is 1. The number of carbonyl (C=O) groups is 1. The normalized spacial score (nSPS) is 10.3. The van der Waals surface area contributed by atoms with Crippen LogP contribution >= 0.6 is 0 Å². The van der Waals surface area contributed by atoms with Gasteiger partial charge in [0.25, 0.3) is 0 Å². The molecule has 1 amide bonds. The van der Waals surface area contributed by atoms with Crippen molar-refractivity contribution < 1.29 is 19.0 Å². The third-order valence-electron chi connectivity index (χ3n) is 3.38. The Bertz CT molecular complexity index is 707. The molecule has 25 heavy (non-hydrogen) atoms. The Morgan fingerprint density at radius 1 is 0.960 bits per heavy atom. The molecule has 134 valence electrons. The van der Waals surface area contributed by atoms with Crippen molar-refractivity contribution in [2.24, 2.45) is 5.92 Å². The molecule has 0 aliphatic carbocycles. The second kappa shape index (κ2) is 8.18. The third kappa shape index (κ3) is 4.50. The average molecular weight is 346 g/mol. The highest BCUT2D eigenvalue weighted by Crippen LogP contribution is 2.40. The molecule has 0 bridgehead atoms. The van der Waals surface area contributed by atoms with E-state index in [1.54, 1.807) is 45.6 Å². The summed E-state index contributed by atoms with van der Waals surface area (Å²) in [4.78, 5) is 11.7. The van der Waals surface area contributed by atoms with Crippen LogP contribution in [0.2, 0.25) is 0 Å². The zero-order valence-corrected chi connectivity index (χ0v) is 14.9. The van der Waals surface area contributed by atoms with Crippen LogP contribution in [0.1, 0.15) is 13.8 Å². The molecule has 0 saturated carbocycles. The minimum atomic E-state index is -0.126. The number of rotatable bonds is 7. The molecule has 1 aromatic heterocycles. The predicted molar refractivity (Wildman–Crippen MR) is 94.9 cm³/mol. The smallest absolute Gasteiger partial charge is 0.228 e. The second-order valence-electron chi connectivity index (χ2n) is 5.49. The average Bonchev–Trinajstić information content (AvgIpc) is 2.62. The van der Waals surface area contributed by atoms with E-state index in [4.69, 9.17) is 14.2 Å². The Labute approximate surface area is 146 Å². The van der Waals surface area contributed by atoms with Crippen molar-refractivity contribution in [2.45, 2.75) is 13.8 Å². The summed E-state index contributed by atoms with van der Waals surface area (Å²) in [7, 11) is 4.64. The van der Waals surface area contributed by atoms with E-state index in [9.17, 15) is 4.79 Å². The lowest BCUT2D eigenvalue weighted by Gasteiger charge is -2.14. The second-order valence-corrected chi connectivity index (χ2v) is 5.49. The lowest BCUT2D eigenvalue weighted by Crippen LogP contribution is -2.18. The van der Waals surface area contributed by atoms with Gasteiger partial charge in [-0.25, -0.2) is 0 Å². The van der Waals surface area contributed by atoms with Gasteiger partial charge < -0.3 is 24.8 Å². The number of hydrogen-bond donors (Lipinski definition) is 2. The summed E-state index contributed by atoms with van der Waals surface area (Å²) in [5, 5.41) is 13.8. The van der Waals surface area contributed by atoms with Crippen molar-refractivity contribution in [1.29, 1.82) is 0 Å². The van der Waals surface area contributed by atoms with Crippen molar-refractivity contribution >= 4 is 23.2 Å². The molecule has 0 spiro atoms. The summed E-state index contributed by atoms with van der Waals surface area (Å²) < 4.78 is 15.9. The van der Waals surface area contributed by atoms with Crippen LogP contribution in [0.5, 0.6) is 17.2 Å². The number of nitrogens with zero attached hydrogens (tertiary/aromatic N) is 2. The maximum atomic E-state index is 11.7. The molecule has 0 aliphatic heterocycles. The molecule has 0 aliphatic rings. The lowest BCUT2D eigenvalue weighted by atomic mass is 10.2. The quantitative estimate of drug-likeness (QED) is 0.796. The number of anilines is 3. The molecular weight excluding hydrogens is 324 g/mol. The Balaban J connectivity index is 2.18. The standard InChI is InChI=1S/C17H22N4O4/c1-10(2)17(22)19-15-7-6-14(20-21-15)18-11-8-12(23-3)16(25-5)13(9-11)24-4/h6-10H,1-5H3,(H,18,20)(H,19,21,22). The van der Waals surface area contributed by atoms with Crippen molar-refractivity contribution in [2.75, 3.05) is 32.0 Å². The Kier molecular flexibility index (Phi) is 5.99. The van der Waals surface area contributed by atoms with Gasteiger partial charge in [-0.3, -0.25) is 4.79 Å². The van der Waals surface area contributed by atoms with Crippen molar-refractivity contribution in [3.05, 3.63) is 24.3 Å². The molecule has 8 nitrogen and oxygen atoms in total. The van der Waals surface area contributed by atoms with E-state index in [-0.39, 0.29) is 11.8 Å². The predicted octanol–water partition coefficient (Wildman–Crippen LogP) is 2.84. The van der Waals surface area contributed by atoms with E-state index < -0.39 is 0 Å². The molecule has 1 heterocycles. The van der Waals surface area contributed by atoms with Gasteiger partial charge in [0.2, 0.25) is 11.7 Å². The van der Waals surface area contributed by atoms with Gasteiger partial charge >= 0.3 is 0 Å². The zero-order chi connectivity index (χ0) is 18.4. The number of ether oxygens (including phenoxy) is 3. The minimum Gasteiger partial charge on any atom is -0.493 e. The zero-order valence-electron chi connectivity index (χ0n) is 14.9. The van der Waals surface area contributed by atoms with Crippen LogP contribution < -0.4 is 24.8 Å². The van der Waals surface area contributed by atoms with Crippen LogP contribution in [-0.4, -0.2) is 37.4 Å². The van der Waals surface area contributed by atoms with Gasteiger partial charge in [0, 0.05) is 23.7 Å². The molecule has 0 radical (unpaired) electrons. The first-order valence-electron chi connectivity index (χ1n) is 7.70. The summed E-state index contributed by atoms with van der Waals surface area (Å²) in [6.07, 6.45) is 0. The van der Waals surface area contributed by atoms with E-state index in [1.165, 1.54) is 0 Å². The topological polar surface area (TPSA) is 94.6 Å². The number of carbonyl (C=O) groups excluding carboxylic acids is 1. The van der Waals surface area contributed by atoms with Gasteiger partial charge in [-0.05, 0) is 12.1 Å². The van der Waals surface area contributed by atoms with E-state index >= 15 is 0 Å². The SMILES string of the molecule is COc1cc(Nc2ccc(NC(=O)C(C)C)nn2)cc(OC)c1OC. The lowest BCUT2D eigenvalue weighted by molar-refractivity contribution is -0.118. The summed E-state index contributed by atoms with van der Waals surface area (Å²) in [6, 6.07) is 6.91. The van der Waals surface area contributed by atoms with Crippen LogP contribution in [0.25, 0.3) is 0 Å². The maximum Gasteiger partial charge on any atom is 0.228 e. The Morgan fingerprint density at radius 3 is 1.96 bits per heavy atom. The van der Waals surface area contributed by atoms with Crippen molar-refractivity contribution in [3.8, 4) is 17.2 Å². The molecule has 2 rings (SSSR count). The fourth-order valence-corrected chi connectivity index (χ4v) is 2.04. The highest BCUT2D eigenvalue weighted by molar-refractivity contribution is 5.91. The van der Waals surface area contributed by atoms with Crippen molar-refractivity contribution in [1.82, 2.24) is 10.2 Å². The maximum absolute atomic E-state index is 11.7. The van der Waals surface area contributed by atoms with E-state index in [0.29, 0.717) is 34.6 Å². The monoisotopic (exact) mass is 346 g/mol. The molecule has 8 heteroatoms. The molecule has 0 unspecified atom stereocenters. The Morgan fingerprint density at radius 2 is 1.52 bits per heavy atom. The molecule has 0 fully saturated rings. The van der Waals surface area contributed by atoms with Gasteiger partial charge in [0.1, 0.15) is 0 Å². The van der Waals surface area contributed by atoms with Gasteiger partial charge in [0.05, 0.1) is 21.3 Å². The van der Waals surface area contributed by atoms with E-state index in [0.717, 1.165) is 0 Å². The fourth-order valence-electron chi connectivity index (χ4n) is 2.04. The number of aromatic nitrogens is 2. The van der Waals surface area contributed by atoms with Gasteiger partial charge in [-0.15, -0.1) is 10.2 Å².